The van der Waals surface area contributed by atoms with E-state index < -0.39 is 5.97 Å². The molecule has 0 bridgehead atoms. The molecule has 0 aliphatic heterocycles. The summed E-state index contributed by atoms with van der Waals surface area (Å²) in [4.78, 5) is 10.8. The predicted molar refractivity (Wildman–Crippen MR) is 85.7 cm³/mol. The highest BCUT2D eigenvalue weighted by Gasteiger charge is 2.03. The third-order valence-electron chi connectivity index (χ3n) is 2.82. The molecule has 2 rings (SSSR count). The second-order valence-corrected chi connectivity index (χ2v) is 5.13. The van der Waals surface area contributed by atoms with Crippen LogP contribution in [-0.2, 0) is 0 Å². The number of halogens is 2. The standard InChI is InChI=1S/C15H12Cl2N2O2/c1-9(11-4-7-13(16)14(17)8-11)18-19-12-5-2-10(3-6-12)15(20)21/h2-8,19H,1H3,(H,20,21)/b18-9+. The van der Waals surface area contributed by atoms with E-state index >= 15 is 0 Å². The van der Waals surface area contributed by atoms with E-state index in [1.807, 2.05) is 13.0 Å². The summed E-state index contributed by atoms with van der Waals surface area (Å²) in [5.74, 6) is -0.961. The van der Waals surface area contributed by atoms with Crippen molar-refractivity contribution in [1.29, 1.82) is 0 Å². The van der Waals surface area contributed by atoms with Crippen molar-refractivity contribution >= 4 is 40.6 Å². The first-order valence-corrected chi connectivity index (χ1v) is 6.82. The Hall–Kier alpha value is -2.04. The van der Waals surface area contributed by atoms with Gasteiger partial charge in [-0.2, -0.15) is 5.10 Å². The highest BCUT2D eigenvalue weighted by atomic mass is 35.5. The topological polar surface area (TPSA) is 61.7 Å². The van der Waals surface area contributed by atoms with Gasteiger partial charge >= 0.3 is 5.97 Å². The van der Waals surface area contributed by atoms with E-state index in [-0.39, 0.29) is 5.56 Å². The van der Waals surface area contributed by atoms with E-state index in [1.165, 1.54) is 12.1 Å². The molecule has 0 radical (unpaired) electrons. The van der Waals surface area contributed by atoms with Crippen LogP contribution in [-0.4, -0.2) is 16.8 Å². The number of nitrogens with zero attached hydrogens (tertiary/aromatic N) is 1. The van der Waals surface area contributed by atoms with E-state index in [1.54, 1.807) is 24.3 Å². The molecule has 21 heavy (non-hydrogen) atoms. The van der Waals surface area contributed by atoms with E-state index in [4.69, 9.17) is 28.3 Å². The monoisotopic (exact) mass is 322 g/mol. The van der Waals surface area contributed by atoms with Crippen molar-refractivity contribution in [2.75, 3.05) is 5.43 Å². The number of nitrogens with one attached hydrogen (secondary N) is 1. The molecule has 6 heteroatoms. The summed E-state index contributed by atoms with van der Waals surface area (Å²) in [6.45, 7) is 1.83. The Morgan fingerprint density at radius 3 is 2.24 bits per heavy atom. The Kier molecular flexibility index (Phi) is 4.83. The number of benzene rings is 2. The lowest BCUT2D eigenvalue weighted by molar-refractivity contribution is 0.0697. The fourth-order valence-corrected chi connectivity index (χ4v) is 1.92. The zero-order chi connectivity index (χ0) is 15.4. The Labute approximate surface area is 132 Å². The third kappa shape index (κ3) is 3.97. The van der Waals surface area contributed by atoms with Crippen molar-refractivity contribution in [1.82, 2.24) is 0 Å². The van der Waals surface area contributed by atoms with Crippen molar-refractivity contribution < 1.29 is 9.90 Å². The summed E-state index contributed by atoms with van der Waals surface area (Å²) in [7, 11) is 0. The summed E-state index contributed by atoms with van der Waals surface area (Å²) in [6.07, 6.45) is 0. The van der Waals surface area contributed by atoms with Crippen LogP contribution in [0.15, 0.2) is 47.6 Å². The van der Waals surface area contributed by atoms with Crippen molar-refractivity contribution in [2.45, 2.75) is 6.92 Å². The second kappa shape index (κ2) is 6.61. The molecule has 0 spiro atoms. The smallest absolute Gasteiger partial charge is 0.335 e. The number of hydrazone groups is 1. The van der Waals surface area contributed by atoms with Gasteiger partial charge in [-0.1, -0.05) is 29.3 Å². The van der Waals surface area contributed by atoms with Gasteiger partial charge in [0.15, 0.2) is 0 Å². The number of rotatable bonds is 4. The summed E-state index contributed by atoms with van der Waals surface area (Å²) in [5.41, 5.74) is 5.36. The molecule has 0 unspecified atom stereocenters. The van der Waals surface area contributed by atoms with Crippen LogP contribution in [0, 0.1) is 0 Å². The minimum absolute atomic E-state index is 0.228. The molecule has 4 nitrogen and oxygen atoms in total. The van der Waals surface area contributed by atoms with Crippen LogP contribution < -0.4 is 5.43 Å². The van der Waals surface area contributed by atoms with Crippen LogP contribution in [0.1, 0.15) is 22.8 Å². The van der Waals surface area contributed by atoms with Gasteiger partial charge in [-0.15, -0.1) is 0 Å². The molecule has 2 aromatic carbocycles. The fourth-order valence-electron chi connectivity index (χ4n) is 1.62. The van der Waals surface area contributed by atoms with Crippen molar-refractivity contribution in [3.63, 3.8) is 0 Å². The van der Waals surface area contributed by atoms with E-state index in [9.17, 15) is 4.79 Å². The fraction of sp³-hybridized carbons (Fsp3) is 0.0667. The number of hydrogen-bond acceptors (Lipinski definition) is 3. The normalized spacial score (nSPS) is 11.3. The molecule has 0 aromatic heterocycles. The minimum atomic E-state index is -0.961. The first kappa shape index (κ1) is 15.4. The molecule has 0 aliphatic rings. The van der Waals surface area contributed by atoms with Crippen LogP contribution in [0.25, 0.3) is 0 Å². The lowest BCUT2D eigenvalue weighted by Crippen LogP contribution is -2.00. The molecule has 0 saturated carbocycles. The number of anilines is 1. The summed E-state index contributed by atoms with van der Waals surface area (Å²) in [5, 5.41) is 14.0. The molecule has 0 aliphatic carbocycles. The van der Waals surface area contributed by atoms with Crippen molar-refractivity contribution in [2.24, 2.45) is 5.10 Å². The summed E-state index contributed by atoms with van der Waals surface area (Å²) >= 11 is 11.8. The maximum absolute atomic E-state index is 10.8. The quantitative estimate of drug-likeness (QED) is 0.642. The number of carboxylic acids is 1. The zero-order valence-electron chi connectivity index (χ0n) is 11.1. The number of carboxylic acid groups (broad SMARTS) is 1. The Morgan fingerprint density at radius 1 is 1.05 bits per heavy atom. The first-order chi connectivity index (χ1) is 9.97. The highest BCUT2D eigenvalue weighted by Crippen LogP contribution is 2.23. The SMILES string of the molecule is C/C(=N\Nc1ccc(C(=O)O)cc1)c1ccc(Cl)c(Cl)c1. The Balaban J connectivity index is 2.12. The molecule has 0 fully saturated rings. The van der Waals surface area contributed by atoms with Gasteiger partial charge in [0.25, 0.3) is 0 Å². The molecule has 108 valence electrons. The van der Waals surface area contributed by atoms with Gasteiger partial charge in [-0.25, -0.2) is 4.79 Å². The van der Waals surface area contributed by atoms with Crippen molar-refractivity contribution in [3.8, 4) is 0 Å². The lowest BCUT2D eigenvalue weighted by Gasteiger charge is -2.05. The van der Waals surface area contributed by atoms with Gasteiger partial charge in [0.2, 0.25) is 0 Å². The molecule has 0 heterocycles. The maximum Gasteiger partial charge on any atom is 0.335 e. The van der Waals surface area contributed by atoms with Crippen LogP contribution >= 0.6 is 23.2 Å². The van der Waals surface area contributed by atoms with E-state index in [2.05, 4.69) is 10.5 Å². The molecule has 2 aromatic rings. The minimum Gasteiger partial charge on any atom is -0.478 e. The van der Waals surface area contributed by atoms with Crippen LogP contribution in [0.3, 0.4) is 0 Å². The second-order valence-electron chi connectivity index (χ2n) is 4.32. The predicted octanol–water partition coefficient (Wildman–Crippen LogP) is 4.53. The largest absolute Gasteiger partial charge is 0.478 e. The summed E-state index contributed by atoms with van der Waals surface area (Å²) < 4.78 is 0. The molecular weight excluding hydrogens is 311 g/mol. The lowest BCUT2D eigenvalue weighted by atomic mass is 10.1. The molecule has 2 N–H and O–H groups in total. The molecule has 0 atom stereocenters. The van der Waals surface area contributed by atoms with E-state index in [0.717, 1.165) is 11.3 Å². The van der Waals surface area contributed by atoms with Gasteiger partial charge in [-0.3, -0.25) is 5.43 Å². The average Bonchev–Trinajstić information content (AvgIpc) is 2.48. The third-order valence-corrected chi connectivity index (χ3v) is 3.56. The van der Waals surface area contributed by atoms with Crippen LogP contribution in [0.4, 0.5) is 5.69 Å². The maximum atomic E-state index is 10.8. The van der Waals surface area contributed by atoms with Gasteiger partial charge in [-0.05, 0) is 48.9 Å². The molecule has 0 amide bonds. The van der Waals surface area contributed by atoms with Gasteiger partial charge in [0, 0.05) is 0 Å². The van der Waals surface area contributed by atoms with Crippen molar-refractivity contribution in [3.05, 3.63) is 63.6 Å². The number of aromatic carboxylic acids is 1. The highest BCUT2D eigenvalue weighted by molar-refractivity contribution is 6.42. The number of carbonyl (C=O) groups is 1. The van der Waals surface area contributed by atoms with Gasteiger partial charge in [0.1, 0.15) is 0 Å². The van der Waals surface area contributed by atoms with Crippen LogP contribution in [0.5, 0.6) is 0 Å². The first-order valence-electron chi connectivity index (χ1n) is 6.06. The van der Waals surface area contributed by atoms with Crippen LogP contribution in [0.2, 0.25) is 10.0 Å². The Morgan fingerprint density at radius 2 is 1.67 bits per heavy atom. The van der Waals surface area contributed by atoms with E-state index in [0.29, 0.717) is 15.7 Å². The number of hydrogen-bond donors (Lipinski definition) is 2. The van der Waals surface area contributed by atoms with Gasteiger partial charge in [0.05, 0.1) is 27.0 Å². The molecule has 0 saturated heterocycles. The molecular formula is C15H12Cl2N2O2. The van der Waals surface area contributed by atoms with Gasteiger partial charge < -0.3 is 5.11 Å². The average molecular weight is 323 g/mol. The summed E-state index contributed by atoms with van der Waals surface area (Å²) in [6, 6.07) is 11.6. The Bertz CT molecular complexity index is 697. The zero-order valence-corrected chi connectivity index (χ0v) is 12.6.